The van der Waals surface area contributed by atoms with E-state index in [-0.39, 0.29) is 0 Å². The van der Waals surface area contributed by atoms with Crippen LogP contribution in [0.3, 0.4) is 0 Å². The van der Waals surface area contributed by atoms with Crippen molar-refractivity contribution in [3.05, 3.63) is 77.8 Å². The van der Waals surface area contributed by atoms with E-state index in [1.165, 1.54) is 0 Å². The molecule has 0 unspecified atom stereocenters. The molecule has 0 atom stereocenters. The lowest BCUT2D eigenvalue weighted by molar-refractivity contribution is 0.351. The van der Waals surface area contributed by atoms with Gasteiger partial charge in [0, 0.05) is 24.2 Å². The highest BCUT2D eigenvalue weighted by atomic mass is 32.1. The Labute approximate surface area is 138 Å². The third-order valence-corrected chi connectivity index (χ3v) is 4.26. The average molecular weight is 321 g/mol. The second-order valence-electron chi connectivity index (χ2n) is 5.03. The Morgan fingerprint density at radius 3 is 2.26 bits per heavy atom. The number of hydrogen-bond acceptors (Lipinski definition) is 6. The van der Waals surface area contributed by atoms with Crippen LogP contribution >= 0.6 is 11.3 Å². The van der Waals surface area contributed by atoms with Crippen molar-refractivity contribution < 1.29 is 0 Å². The van der Waals surface area contributed by atoms with E-state index in [2.05, 4.69) is 34.3 Å². The standard InChI is InChI=1S/C17H15N5S/c1-20-19-16(14-8-4-2-5-9-14)21(15-10-6-3-7-11-15)22(20)17-18-12-13-23-17/h2-13H,1H3. The lowest BCUT2D eigenvalue weighted by Gasteiger charge is -2.32. The largest absolute Gasteiger partial charge is 0.227 e. The molecule has 3 aromatic rings. The highest BCUT2D eigenvalue weighted by molar-refractivity contribution is 7.13. The molecule has 0 spiro atoms. The first-order valence-corrected chi connectivity index (χ1v) is 8.15. The number of hydrogen-bond donors (Lipinski definition) is 0. The maximum absolute atomic E-state index is 4.72. The molecule has 23 heavy (non-hydrogen) atoms. The highest BCUT2D eigenvalue weighted by Crippen LogP contribution is 2.31. The highest BCUT2D eigenvalue weighted by Gasteiger charge is 2.34. The molecule has 0 bridgehead atoms. The lowest BCUT2D eigenvalue weighted by atomic mass is 10.2. The fraction of sp³-hybridized carbons (Fsp3) is 0.0588. The van der Waals surface area contributed by atoms with Crippen LogP contribution in [0.5, 0.6) is 0 Å². The predicted molar refractivity (Wildman–Crippen MR) is 94.3 cm³/mol. The Bertz CT molecular complexity index is 802. The minimum absolute atomic E-state index is 0.867. The minimum Gasteiger partial charge on any atom is -0.226 e. The van der Waals surface area contributed by atoms with Gasteiger partial charge in [0.05, 0.1) is 5.69 Å². The monoisotopic (exact) mass is 321 g/mol. The number of rotatable bonds is 3. The van der Waals surface area contributed by atoms with Gasteiger partial charge in [0.1, 0.15) is 0 Å². The van der Waals surface area contributed by atoms with E-state index in [0.717, 1.165) is 22.2 Å². The Kier molecular flexibility index (Phi) is 3.44. The van der Waals surface area contributed by atoms with Crippen LogP contribution in [0.25, 0.3) is 0 Å². The topological polar surface area (TPSA) is 35.0 Å². The molecule has 2 aromatic carbocycles. The summed E-state index contributed by atoms with van der Waals surface area (Å²) in [5.74, 6) is 0.870. The Balaban J connectivity index is 1.84. The predicted octanol–water partition coefficient (Wildman–Crippen LogP) is 3.59. The molecule has 0 saturated carbocycles. The summed E-state index contributed by atoms with van der Waals surface area (Å²) in [6.07, 6.45) is 1.80. The second-order valence-corrected chi connectivity index (χ2v) is 5.90. The third kappa shape index (κ3) is 2.43. The first kappa shape index (κ1) is 13.8. The summed E-state index contributed by atoms with van der Waals surface area (Å²) in [4.78, 5) is 4.44. The van der Waals surface area contributed by atoms with Gasteiger partial charge in [-0.1, -0.05) is 48.5 Å². The van der Waals surface area contributed by atoms with Crippen molar-refractivity contribution in [2.45, 2.75) is 0 Å². The van der Waals surface area contributed by atoms with E-state index in [9.17, 15) is 0 Å². The molecule has 2 heterocycles. The van der Waals surface area contributed by atoms with Gasteiger partial charge in [-0.05, 0) is 12.1 Å². The van der Waals surface area contributed by atoms with Crippen molar-refractivity contribution in [3.8, 4) is 0 Å². The minimum atomic E-state index is 0.867. The van der Waals surface area contributed by atoms with Crippen LogP contribution in [0.2, 0.25) is 0 Å². The number of amidine groups is 1. The summed E-state index contributed by atoms with van der Waals surface area (Å²) in [5, 5.41) is 13.4. The molecule has 1 aliphatic heterocycles. The molecule has 5 nitrogen and oxygen atoms in total. The van der Waals surface area contributed by atoms with Gasteiger partial charge in [-0.3, -0.25) is 0 Å². The van der Waals surface area contributed by atoms with Crippen molar-refractivity contribution in [2.24, 2.45) is 5.10 Å². The second kappa shape index (κ2) is 5.73. The molecular formula is C17H15N5S. The lowest BCUT2D eigenvalue weighted by Crippen LogP contribution is -2.47. The zero-order chi connectivity index (χ0) is 15.6. The van der Waals surface area contributed by atoms with Crippen molar-refractivity contribution in [1.82, 2.24) is 10.1 Å². The van der Waals surface area contributed by atoms with Crippen LogP contribution in [0.1, 0.15) is 5.56 Å². The summed E-state index contributed by atoms with van der Waals surface area (Å²) in [6, 6.07) is 20.4. The molecule has 0 radical (unpaired) electrons. The van der Waals surface area contributed by atoms with E-state index < -0.39 is 0 Å². The van der Waals surface area contributed by atoms with Gasteiger partial charge in [-0.25, -0.2) is 9.99 Å². The molecule has 1 aliphatic rings. The summed E-state index contributed by atoms with van der Waals surface area (Å²) in [5.41, 5.74) is 2.09. The summed E-state index contributed by atoms with van der Waals surface area (Å²) < 4.78 is 0. The normalized spacial score (nSPS) is 14.3. The number of para-hydroxylation sites is 1. The molecule has 0 fully saturated rings. The Hall–Kier alpha value is -2.86. The summed E-state index contributed by atoms with van der Waals surface area (Å²) in [6.45, 7) is 0. The number of aromatic nitrogens is 1. The molecule has 0 N–H and O–H groups in total. The fourth-order valence-corrected chi connectivity index (χ4v) is 3.19. The fourth-order valence-electron chi connectivity index (χ4n) is 2.53. The zero-order valence-corrected chi connectivity index (χ0v) is 13.4. The van der Waals surface area contributed by atoms with Gasteiger partial charge in [-0.15, -0.1) is 21.6 Å². The number of benzene rings is 2. The smallest absolute Gasteiger partial charge is 0.226 e. The van der Waals surface area contributed by atoms with Crippen molar-refractivity contribution in [2.75, 3.05) is 17.2 Å². The van der Waals surface area contributed by atoms with Gasteiger partial charge < -0.3 is 0 Å². The van der Waals surface area contributed by atoms with Crippen molar-refractivity contribution in [3.63, 3.8) is 0 Å². The van der Waals surface area contributed by atoms with E-state index in [1.807, 2.05) is 59.1 Å². The zero-order valence-electron chi connectivity index (χ0n) is 12.6. The van der Waals surface area contributed by atoms with Gasteiger partial charge in [-0.2, -0.15) is 5.12 Å². The maximum Gasteiger partial charge on any atom is 0.227 e. The Morgan fingerprint density at radius 2 is 1.61 bits per heavy atom. The van der Waals surface area contributed by atoms with E-state index in [1.54, 1.807) is 17.5 Å². The maximum atomic E-state index is 4.72. The van der Waals surface area contributed by atoms with Crippen LogP contribution in [0, 0.1) is 0 Å². The van der Waals surface area contributed by atoms with Crippen LogP contribution in [-0.4, -0.2) is 23.0 Å². The van der Waals surface area contributed by atoms with E-state index in [4.69, 9.17) is 5.10 Å². The van der Waals surface area contributed by atoms with Gasteiger partial charge >= 0.3 is 0 Å². The average Bonchev–Trinajstić information content (AvgIpc) is 3.23. The number of anilines is 2. The molecule has 6 heteroatoms. The molecule has 4 rings (SSSR count). The van der Waals surface area contributed by atoms with E-state index in [0.29, 0.717) is 0 Å². The summed E-state index contributed by atoms with van der Waals surface area (Å²) in [7, 11) is 1.92. The number of thiazole rings is 1. The van der Waals surface area contributed by atoms with Crippen LogP contribution in [-0.2, 0) is 0 Å². The van der Waals surface area contributed by atoms with Crippen LogP contribution < -0.4 is 10.1 Å². The first-order chi connectivity index (χ1) is 11.3. The molecule has 0 amide bonds. The van der Waals surface area contributed by atoms with Crippen LogP contribution in [0.4, 0.5) is 10.8 Å². The third-order valence-electron chi connectivity index (χ3n) is 3.53. The quantitative estimate of drug-likeness (QED) is 0.738. The molecule has 0 aliphatic carbocycles. The van der Waals surface area contributed by atoms with Crippen LogP contribution in [0.15, 0.2) is 77.3 Å². The van der Waals surface area contributed by atoms with Crippen molar-refractivity contribution >= 4 is 28.0 Å². The number of hydrazine groups is 2. The Morgan fingerprint density at radius 1 is 0.913 bits per heavy atom. The molecule has 1 aromatic heterocycles. The molecular weight excluding hydrogens is 306 g/mol. The van der Waals surface area contributed by atoms with Gasteiger partial charge in [0.15, 0.2) is 5.84 Å². The number of nitrogens with zero attached hydrogens (tertiary/aromatic N) is 5. The SMILES string of the molecule is CN1N=C(c2ccccc2)N(c2ccccc2)N1c1nccs1. The first-order valence-electron chi connectivity index (χ1n) is 7.27. The van der Waals surface area contributed by atoms with Crippen molar-refractivity contribution in [1.29, 1.82) is 0 Å². The van der Waals surface area contributed by atoms with E-state index >= 15 is 0 Å². The molecule has 0 saturated heterocycles. The summed E-state index contributed by atoms with van der Waals surface area (Å²) >= 11 is 1.58. The molecule has 114 valence electrons. The van der Waals surface area contributed by atoms with Gasteiger partial charge in [0.2, 0.25) is 5.13 Å². The number of hydrazone groups is 1. The van der Waals surface area contributed by atoms with Gasteiger partial charge in [0.25, 0.3) is 0 Å².